The summed E-state index contributed by atoms with van der Waals surface area (Å²) in [5.74, 6) is -5.23. The fourth-order valence-corrected chi connectivity index (χ4v) is 4.90. The molecular formula is C23H22ClF4N3O2. The Labute approximate surface area is 193 Å². The van der Waals surface area contributed by atoms with Crippen LogP contribution in [0.1, 0.15) is 29.6 Å². The summed E-state index contributed by atoms with van der Waals surface area (Å²) in [7, 11) is 0. The van der Waals surface area contributed by atoms with Crippen LogP contribution >= 0.6 is 11.6 Å². The summed E-state index contributed by atoms with van der Waals surface area (Å²) in [6.07, 6.45) is 2.32. The predicted molar refractivity (Wildman–Crippen MR) is 115 cm³/mol. The van der Waals surface area contributed by atoms with Gasteiger partial charge in [-0.15, -0.1) is 0 Å². The fraction of sp³-hybridized carbons (Fsp3) is 0.391. The molecule has 4 rings (SSSR count). The Morgan fingerprint density at radius 1 is 0.939 bits per heavy atom. The minimum absolute atomic E-state index is 0.0853. The molecule has 2 amide bonds. The molecule has 1 N–H and O–H groups in total. The van der Waals surface area contributed by atoms with Gasteiger partial charge in [-0.3, -0.25) is 14.5 Å². The Hall–Kier alpha value is -2.65. The van der Waals surface area contributed by atoms with Crippen molar-refractivity contribution in [2.75, 3.05) is 38.0 Å². The van der Waals surface area contributed by atoms with Gasteiger partial charge in [0.15, 0.2) is 11.6 Å². The third-order valence-electron chi connectivity index (χ3n) is 6.28. The Kier molecular flexibility index (Phi) is 6.63. The molecule has 5 nitrogen and oxygen atoms in total. The van der Waals surface area contributed by atoms with E-state index in [0.717, 1.165) is 12.8 Å². The van der Waals surface area contributed by atoms with E-state index in [1.165, 1.54) is 23.1 Å². The number of rotatable bonds is 4. The molecule has 176 valence electrons. The van der Waals surface area contributed by atoms with Crippen LogP contribution in [-0.2, 0) is 4.79 Å². The fourth-order valence-electron chi connectivity index (χ4n) is 4.72. The molecule has 0 saturated carbocycles. The van der Waals surface area contributed by atoms with E-state index in [4.69, 9.17) is 11.6 Å². The number of nitrogens with one attached hydrogen (secondary N) is 1. The van der Waals surface area contributed by atoms with Gasteiger partial charge in [0.25, 0.3) is 5.91 Å². The zero-order chi connectivity index (χ0) is 23.8. The second-order valence-electron chi connectivity index (χ2n) is 8.71. The highest BCUT2D eigenvalue weighted by Crippen LogP contribution is 2.39. The minimum Gasteiger partial charge on any atom is -0.338 e. The molecule has 0 bridgehead atoms. The maximum atomic E-state index is 14.1. The number of carbonyl (C=O) groups is 2. The SMILES string of the molecule is O=C(CN1CCCC2(CCN(C(=O)c3cc(F)c(F)cc3F)C2)C1)Nc1ccc(F)c(Cl)c1. The van der Waals surface area contributed by atoms with Crippen LogP contribution in [-0.4, -0.2) is 54.3 Å². The molecular weight excluding hydrogens is 462 g/mol. The highest BCUT2D eigenvalue weighted by molar-refractivity contribution is 6.31. The summed E-state index contributed by atoms with van der Waals surface area (Å²) < 4.78 is 54.1. The first-order valence-corrected chi connectivity index (χ1v) is 10.9. The second-order valence-corrected chi connectivity index (χ2v) is 9.12. The third kappa shape index (κ3) is 5.14. The van der Waals surface area contributed by atoms with E-state index in [-0.39, 0.29) is 22.9 Å². The molecule has 2 aliphatic rings. The van der Waals surface area contributed by atoms with E-state index in [0.29, 0.717) is 50.4 Å². The first kappa shape index (κ1) is 23.5. The van der Waals surface area contributed by atoms with E-state index in [1.54, 1.807) is 0 Å². The Morgan fingerprint density at radius 2 is 1.70 bits per heavy atom. The van der Waals surface area contributed by atoms with Gasteiger partial charge in [0.2, 0.25) is 5.91 Å². The van der Waals surface area contributed by atoms with Gasteiger partial charge in [-0.1, -0.05) is 11.6 Å². The minimum atomic E-state index is -1.34. The summed E-state index contributed by atoms with van der Waals surface area (Å²) in [5.41, 5.74) is -0.358. The highest BCUT2D eigenvalue weighted by Gasteiger charge is 2.43. The number of benzene rings is 2. The largest absolute Gasteiger partial charge is 0.338 e. The van der Waals surface area contributed by atoms with Crippen molar-refractivity contribution in [3.8, 4) is 0 Å². The van der Waals surface area contributed by atoms with Crippen LogP contribution in [0.2, 0.25) is 5.02 Å². The summed E-state index contributed by atoms with van der Waals surface area (Å²) in [6, 6.07) is 4.91. The molecule has 0 aromatic heterocycles. The van der Waals surface area contributed by atoms with Crippen molar-refractivity contribution >= 4 is 29.1 Å². The van der Waals surface area contributed by atoms with E-state index in [2.05, 4.69) is 5.32 Å². The average molecular weight is 484 g/mol. The number of anilines is 1. The molecule has 2 fully saturated rings. The van der Waals surface area contributed by atoms with Crippen LogP contribution in [0.4, 0.5) is 23.2 Å². The molecule has 33 heavy (non-hydrogen) atoms. The van der Waals surface area contributed by atoms with Gasteiger partial charge in [0.05, 0.1) is 17.1 Å². The number of hydrogen-bond donors (Lipinski definition) is 1. The molecule has 1 unspecified atom stereocenters. The van der Waals surface area contributed by atoms with E-state index in [9.17, 15) is 27.2 Å². The van der Waals surface area contributed by atoms with Crippen LogP contribution in [0.5, 0.6) is 0 Å². The van der Waals surface area contributed by atoms with Gasteiger partial charge in [0.1, 0.15) is 11.6 Å². The lowest BCUT2D eigenvalue weighted by Gasteiger charge is -2.40. The number of amides is 2. The first-order valence-electron chi connectivity index (χ1n) is 10.6. The maximum Gasteiger partial charge on any atom is 0.256 e. The molecule has 2 saturated heterocycles. The van der Waals surface area contributed by atoms with E-state index in [1.807, 2.05) is 4.90 Å². The molecule has 1 atom stereocenters. The zero-order valence-electron chi connectivity index (χ0n) is 17.6. The lowest BCUT2D eigenvalue weighted by Crippen LogP contribution is -2.47. The van der Waals surface area contributed by atoms with Crippen molar-refractivity contribution in [1.29, 1.82) is 0 Å². The Balaban J connectivity index is 1.38. The van der Waals surface area contributed by atoms with Crippen molar-refractivity contribution in [3.05, 3.63) is 64.2 Å². The monoisotopic (exact) mass is 483 g/mol. The lowest BCUT2D eigenvalue weighted by atomic mass is 9.79. The van der Waals surface area contributed by atoms with Gasteiger partial charge in [0, 0.05) is 36.8 Å². The van der Waals surface area contributed by atoms with Gasteiger partial charge in [-0.05, 0) is 50.1 Å². The molecule has 2 aromatic carbocycles. The van der Waals surface area contributed by atoms with Gasteiger partial charge < -0.3 is 10.2 Å². The first-order chi connectivity index (χ1) is 15.7. The quantitative estimate of drug-likeness (QED) is 0.516. The number of piperidine rings is 1. The second kappa shape index (κ2) is 9.30. The van der Waals surface area contributed by atoms with Crippen LogP contribution in [0.3, 0.4) is 0 Å². The highest BCUT2D eigenvalue weighted by atomic mass is 35.5. The topological polar surface area (TPSA) is 52.7 Å². The number of hydrogen-bond acceptors (Lipinski definition) is 3. The van der Waals surface area contributed by atoms with Crippen molar-refractivity contribution in [1.82, 2.24) is 9.80 Å². The zero-order valence-corrected chi connectivity index (χ0v) is 18.4. The molecule has 0 radical (unpaired) electrons. The van der Waals surface area contributed by atoms with Gasteiger partial charge in [-0.25, -0.2) is 17.6 Å². The Bertz CT molecular complexity index is 1100. The van der Waals surface area contributed by atoms with Gasteiger partial charge >= 0.3 is 0 Å². The molecule has 1 spiro atoms. The van der Waals surface area contributed by atoms with Crippen LogP contribution in [0, 0.1) is 28.7 Å². The number of halogens is 5. The Morgan fingerprint density at radius 3 is 2.45 bits per heavy atom. The normalized spacial score (nSPS) is 20.9. The summed E-state index contributed by atoms with van der Waals surface area (Å²) in [4.78, 5) is 28.7. The van der Waals surface area contributed by atoms with E-state index >= 15 is 0 Å². The number of carbonyl (C=O) groups excluding carboxylic acids is 2. The lowest BCUT2D eigenvalue weighted by molar-refractivity contribution is -0.118. The van der Waals surface area contributed by atoms with Crippen LogP contribution < -0.4 is 5.32 Å². The molecule has 2 aliphatic heterocycles. The molecule has 2 aromatic rings. The van der Waals surface area contributed by atoms with Gasteiger partial charge in [-0.2, -0.15) is 0 Å². The summed E-state index contributed by atoms with van der Waals surface area (Å²) >= 11 is 5.75. The maximum absolute atomic E-state index is 14.1. The number of nitrogens with zero attached hydrogens (tertiary/aromatic N) is 2. The molecule has 10 heteroatoms. The summed E-state index contributed by atoms with van der Waals surface area (Å²) in [5, 5.41) is 2.61. The smallest absolute Gasteiger partial charge is 0.256 e. The average Bonchev–Trinajstić information content (AvgIpc) is 3.16. The predicted octanol–water partition coefficient (Wildman–Crippen LogP) is 4.46. The van der Waals surface area contributed by atoms with Crippen molar-refractivity contribution in [2.24, 2.45) is 5.41 Å². The third-order valence-corrected chi connectivity index (χ3v) is 6.57. The molecule has 2 heterocycles. The molecule has 0 aliphatic carbocycles. The summed E-state index contributed by atoms with van der Waals surface area (Å²) in [6.45, 7) is 2.09. The van der Waals surface area contributed by atoms with Crippen LogP contribution in [0.25, 0.3) is 0 Å². The van der Waals surface area contributed by atoms with Crippen molar-refractivity contribution < 1.29 is 27.2 Å². The van der Waals surface area contributed by atoms with Crippen LogP contribution in [0.15, 0.2) is 30.3 Å². The van der Waals surface area contributed by atoms with Crippen molar-refractivity contribution in [3.63, 3.8) is 0 Å². The number of likely N-dealkylation sites (tertiary alicyclic amines) is 2. The van der Waals surface area contributed by atoms with Crippen molar-refractivity contribution in [2.45, 2.75) is 19.3 Å². The standard InChI is InChI=1S/C23H22ClF4N3O2/c24-16-8-14(2-3-17(16)25)29-21(32)11-30-6-1-4-23(12-30)5-7-31(13-23)22(33)15-9-19(27)20(28)10-18(15)26/h2-3,8-10H,1,4-7,11-13H2,(H,29,32). The van der Waals surface area contributed by atoms with E-state index < -0.39 is 34.7 Å².